The maximum Gasteiger partial charge on any atom is 0.142 e. The summed E-state index contributed by atoms with van der Waals surface area (Å²) in [6.07, 6.45) is 0.838. The first-order chi connectivity index (χ1) is 11.5. The summed E-state index contributed by atoms with van der Waals surface area (Å²) in [5.41, 5.74) is 3.17. The summed E-state index contributed by atoms with van der Waals surface area (Å²) in [6, 6.07) is 11.7. The molecule has 0 aliphatic rings. The van der Waals surface area contributed by atoms with Crippen molar-refractivity contribution in [3.05, 3.63) is 63.1 Å². The van der Waals surface area contributed by atoms with Crippen LogP contribution in [0.4, 0.5) is 0 Å². The third-order valence-corrected chi connectivity index (χ3v) is 4.38. The van der Waals surface area contributed by atoms with Crippen molar-refractivity contribution in [1.82, 2.24) is 5.32 Å². The molecular formula is C19H23Cl2NO2. The average molecular weight is 368 g/mol. The first kappa shape index (κ1) is 19.1. The van der Waals surface area contributed by atoms with Gasteiger partial charge in [-0.05, 0) is 31.0 Å². The fourth-order valence-corrected chi connectivity index (χ4v) is 2.93. The van der Waals surface area contributed by atoms with Gasteiger partial charge in [-0.3, -0.25) is 0 Å². The first-order valence-electron chi connectivity index (χ1n) is 8.04. The highest BCUT2D eigenvalue weighted by atomic mass is 35.5. The molecule has 1 atom stereocenters. The zero-order valence-electron chi connectivity index (χ0n) is 14.0. The summed E-state index contributed by atoms with van der Waals surface area (Å²) in [6.45, 7) is 5.13. The van der Waals surface area contributed by atoms with E-state index < -0.39 is 0 Å². The van der Waals surface area contributed by atoms with Gasteiger partial charge in [-0.15, -0.1) is 0 Å². The summed E-state index contributed by atoms with van der Waals surface area (Å²) >= 11 is 12.4. The molecule has 0 radical (unpaired) electrons. The van der Waals surface area contributed by atoms with Crippen molar-refractivity contribution in [3.63, 3.8) is 0 Å². The van der Waals surface area contributed by atoms with E-state index in [1.165, 1.54) is 5.56 Å². The van der Waals surface area contributed by atoms with Crippen LogP contribution in [0.1, 0.15) is 30.0 Å². The Balaban J connectivity index is 2.13. The second kappa shape index (κ2) is 9.28. The number of nitrogens with one attached hydrogen (secondary N) is 1. The van der Waals surface area contributed by atoms with Crippen LogP contribution in [0.3, 0.4) is 0 Å². The molecule has 0 aliphatic carbocycles. The minimum Gasteiger partial charge on any atom is -0.487 e. The monoisotopic (exact) mass is 367 g/mol. The van der Waals surface area contributed by atoms with Crippen LogP contribution >= 0.6 is 23.2 Å². The van der Waals surface area contributed by atoms with Gasteiger partial charge < -0.3 is 15.2 Å². The van der Waals surface area contributed by atoms with Gasteiger partial charge in [0.2, 0.25) is 0 Å². The van der Waals surface area contributed by atoms with Crippen molar-refractivity contribution in [2.24, 2.45) is 0 Å². The molecule has 2 aromatic carbocycles. The minimum atomic E-state index is 0.0349. The Morgan fingerprint density at radius 2 is 1.88 bits per heavy atom. The normalized spacial score (nSPS) is 12.2. The molecule has 5 heteroatoms. The van der Waals surface area contributed by atoms with E-state index in [-0.39, 0.29) is 12.6 Å². The SMILES string of the molecule is CCC(CO)NCc1cc(Cl)cc(Cl)c1OCc1ccc(C)cc1. The second-order valence-corrected chi connectivity index (χ2v) is 6.66. The van der Waals surface area contributed by atoms with E-state index >= 15 is 0 Å². The lowest BCUT2D eigenvalue weighted by Crippen LogP contribution is -2.31. The molecule has 3 nitrogen and oxygen atoms in total. The van der Waals surface area contributed by atoms with Crippen LogP contribution in [-0.4, -0.2) is 17.8 Å². The highest BCUT2D eigenvalue weighted by molar-refractivity contribution is 6.35. The Bertz CT molecular complexity index is 655. The molecule has 1 unspecified atom stereocenters. The van der Waals surface area contributed by atoms with Crippen LogP contribution in [-0.2, 0) is 13.2 Å². The topological polar surface area (TPSA) is 41.5 Å². The van der Waals surface area contributed by atoms with E-state index in [4.69, 9.17) is 27.9 Å². The molecule has 0 aromatic heterocycles. The number of hydrogen-bond acceptors (Lipinski definition) is 3. The van der Waals surface area contributed by atoms with Crippen LogP contribution in [0.15, 0.2) is 36.4 Å². The smallest absolute Gasteiger partial charge is 0.142 e. The molecule has 24 heavy (non-hydrogen) atoms. The number of halogens is 2. The fraction of sp³-hybridized carbons (Fsp3) is 0.368. The third-order valence-electron chi connectivity index (χ3n) is 3.88. The third kappa shape index (κ3) is 5.38. The van der Waals surface area contributed by atoms with Crippen molar-refractivity contribution >= 4 is 23.2 Å². The first-order valence-corrected chi connectivity index (χ1v) is 8.79. The summed E-state index contributed by atoms with van der Waals surface area (Å²) in [7, 11) is 0. The van der Waals surface area contributed by atoms with Crippen molar-refractivity contribution in [2.45, 2.75) is 39.5 Å². The van der Waals surface area contributed by atoms with Crippen molar-refractivity contribution in [3.8, 4) is 5.75 Å². The standard InChI is InChI=1S/C19H23Cl2NO2/c1-3-17(11-23)22-10-15-8-16(20)9-18(21)19(15)24-12-14-6-4-13(2)5-7-14/h4-9,17,22-23H,3,10-12H2,1-2H3. The van der Waals surface area contributed by atoms with Gasteiger partial charge in [0.05, 0.1) is 11.6 Å². The predicted molar refractivity (Wildman–Crippen MR) is 100.0 cm³/mol. The van der Waals surface area contributed by atoms with Gasteiger partial charge in [0.15, 0.2) is 0 Å². The zero-order valence-corrected chi connectivity index (χ0v) is 15.5. The highest BCUT2D eigenvalue weighted by Gasteiger charge is 2.13. The molecule has 130 valence electrons. The van der Waals surface area contributed by atoms with Gasteiger partial charge in [0.1, 0.15) is 12.4 Å². The van der Waals surface area contributed by atoms with Gasteiger partial charge in [-0.2, -0.15) is 0 Å². The van der Waals surface area contributed by atoms with Gasteiger partial charge >= 0.3 is 0 Å². The van der Waals surface area contributed by atoms with Crippen molar-refractivity contribution in [1.29, 1.82) is 0 Å². The van der Waals surface area contributed by atoms with Crippen LogP contribution < -0.4 is 10.1 Å². The maximum atomic E-state index is 9.31. The Labute approximate surface area is 153 Å². The largest absolute Gasteiger partial charge is 0.487 e. The van der Waals surface area contributed by atoms with Crippen molar-refractivity contribution in [2.75, 3.05) is 6.61 Å². The van der Waals surface area contributed by atoms with E-state index in [2.05, 4.69) is 24.4 Å². The molecule has 2 aromatic rings. The van der Waals surface area contributed by atoms with Gasteiger partial charge in [-0.25, -0.2) is 0 Å². The lowest BCUT2D eigenvalue weighted by atomic mass is 10.1. The quantitative estimate of drug-likeness (QED) is 0.707. The number of aryl methyl sites for hydroxylation is 1. The van der Waals surface area contributed by atoms with Crippen molar-refractivity contribution < 1.29 is 9.84 Å². The minimum absolute atomic E-state index is 0.0349. The molecule has 0 aliphatic heterocycles. The van der Waals surface area contributed by atoms with Crippen LogP contribution in [0.2, 0.25) is 10.0 Å². The molecule has 0 spiro atoms. The fourth-order valence-electron chi connectivity index (χ4n) is 2.34. The molecular weight excluding hydrogens is 345 g/mol. The Hall–Kier alpha value is -1.26. The number of hydrogen-bond donors (Lipinski definition) is 2. The second-order valence-electron chi connectivity index (χ2n) is 5.82. The molecule has 0 heterocycles. The number of aliphatic hydroxyl groups is 1. The summed E-state index contributed by atoms with van der Waals surface area (Å²) in [5, 5.41) is 13.7. The van der Waals surface area contributed by atoms with Crippen LogP contribution in [0, 0.1) is 6.92 Å². The van der Waals surface area contributed by atoms with Crippen LogP contribution in [0.5, 0.6) is 5.75 Å². The number of aliphatic hydroxyl groups excluding tert-OH is 1. The lowest BCUT2D eigenvalue weighted by Gasteiger charge is -2.18. The summed E-state index contributed by atoms with van der Waals surface area (Å²) in [5.74, 6) is 0.627. The summed E-state index contributed by atoms with van der Waals surface area (Å²) in [4.78, 5) is 0. The Morgan fingerprint density at radius 1 is 1.17 bits per heavy atom. The van der Waals surface area contributed by atoms with E-state index in [9.17, 15) is 5.11 Å². The number of rotatable bonds is 8. The average Bonchev–Trinajstić information content (AvgIpc) is 2.56. The molecule has 2 rings (SSSR count). The molecule has 0 saturated heterocycles. The molecule has 0 bridgehead atoms. The van der Waals surface area contributed by atoms with E-state index in [0.717, 1.165) is 17.5 Å². The van der Waals surface area contributed by atoms with E-state index in [0.29, 0.717) is 28.9 Å². The van der Waals surface area contributed by atoms with Gasteiger partial charge in [-0.1, -0.05) is 60.0 Å². The number of ether oxygens (including phenoxy) is 1. The zero-order chi connectivity index (χ0) is 17.5. The maximum absolute atomic E-state index is 9.31. The molecule has 0 amide bonds. The Kier molecular flexibility index (Phi) is 7.38. The predicted octanol–water partition coefficient (Wildman–Crippen LogP) is 4.74. The highest BCUT2D eigenvalue weighted by Crippen LogP contribution is 2.33. The van der Waals surface area contributed by atoms with Gasteiger partial charge in [0.25, 0.3) is 0 Å². The Morgan fingerprint density at radius 3 is 2.50 bits per heavy atom. The van der Waals surface area contributed by atoms with E-state index in [1.54, 1.807) is 6.07 Å². The number of benzene rings is 2. The molecule has 2 N–H and O–H groups in total. The lowest BCUT2D eigenvalue weighted by molar-refractivity contribution is 0.237. The summed E-state index contributed by atoms with van der Waals surface area (Å²) < 4.78 is 5.96. The van der Waals surface area contributed by atoms with Gasteiger partial charge in [0, 0.05) is 23.2 Å². The molecule has 0 fully saturated rings. The van der Waals surface area contributed by atoms with E-state index in [1.807, 2.05) is 25.1 Å². The van der Waals surface area contributed by atoms with Crippen LogP contribution in [0.25, 0.3) is 0 Å². The molecule has 0 saturated carbocycles.